The van der Waals surface area contributed by atoms with Gasteiger partial charge >= 0.3 is 5.97 Å². The Morgan fingerprint density at radius 1 is 0.833 bits per heavy atom. The van der Waals surface area contributed by atoms with Gasteiger partial charge in [-0.15, -0.1) is 0 Å². The molecule has 2 rings (SSSR count). The molecule has 0 spiro atoms. The Kier molecular flexibility index (Phi) is 4.61. The van der Waals surface area contributed by atoms with Crippen LogP contribution in [0.1, 0.15) is 57.8 Å². The van der Waals surface area contributed by atoms with E-state index >= 15 is 0 Å². The lowest BCUT2D eigenvalue weighted by Gasteiger charge is -2.21. The zero-order chi connectivity index (χ0) is 13.0. The highest BCUT2D eigenvalue weighted by Gasteiger charge is 2.38. The van der Waals surface area contributed by atoms with Crippen LogP contribution in [0, 0.1) is 11.8 Å². The number of hydrogen-bond acceptors (Lipinski definition) is 2. The molecule has 4 nitrogen and oxygen atoms in total. The molecule has 2 atom stereocenters. The van der Waals surface area contributed by atoms with Crippen molar-refractivity contribution in [3.05, 3.63) is 0 Å². The molecule has 0 aliphatic heterocycles. The Morgan fingerprint density at radius 3 is 2.06 bits per heavy atom. The number of carbonyl (C=O) groups is 2. The van der Waals surface area contributed by atoms with Gasteiger partial charge in [0.15, 0.2) is 0 Å². The third-order valence-electron chi connectivity index (χ3n) is 4.37. The van der Waals surface area contributed by atoms with E-state index in [9.17, 15) is 9.59 Å². The first-order chi connectivity index (χ1) is 8.68. The van der Waals surface area contributed by atoms with E-state index in [1.165, 1.54) is 25.7 Å². The third kappa shape index (κ3) is 3.24. The molecule has 0 radical (unpaired) electrons. The van der Waals surface area contributed by atoms with E-state index in [0.717, 1.165) is 25.7 Å². The highest BCUT2D eigenvalue weighted by Crippen LogP contribution is 2.32. The predicted octanol–water partition coefficient (Wildman–Crippen LogP) is 2.33. The van der Waals surface area contributed by atoms with Crippen LogP contribution in [0.3, 0.4) is 0 Å². The highest BCUT2D eigenvalue weighted by molar-refractivity contribution is 5.85. The lowest BCUT2D eigenvalue weighted by molar-refractivity contribution is -0.146. The van der Waals surface area contributed by atoms with E-state index in [-0.39, 0.29) is 17.9 Å². The number of carboxylic acid groups (broad SMARTS) is 1. The number of nitrogens with one attached hydrogen (secondary N) is 1. The summed E-state index contributed by atoms with van der Waals surface area (Å²) in [6.45, 7) is 0. The van der Waals surface area contributed by atoms with E-state index in [0.29, 0.717) is 6.42 Å². The Labute approximate surface area is 108 Å². The van der Waals surface area contributed by atoms with Crippen LogP contribution in [0.5, 0.6) is 0 Å². The summed E-state index contributed by atoms with van der Waals surface area (Å²) in [4.78, 5) is 23.2. The summed E-state index contributed by atoms with van der Waals surface area (Å²) in [5.41, 5.74) is 0. The molecule has 0 aromatic carbocycles. The number of amides is 1. The SMILES string of the molecule is O=C(O)[C@H]1CCC[C@H]1C(=O)NC1CCCCCC1. The van der Waals surface area contributed by atoms with Gasteiger partial charge in [-0.25, -0.2) is 0 Å². The van der Waals surface area contributed by atoms with Crippen LogP contribution in [0.25, 0.3) is 0 Å². The van der Waals surface area contributed by atoms with Crippen LogP contribution in [-0.4, -0.2) is 23.0 Å². The van der Waals surface area contributed by atoms with Gasteiger partial charge in [0.1, 0.15) is 0 Å². The lowest BCUT2D eigenvalue weighted by Crippen LogP contribution is -2.41. The van der Waals surface area contributed by atoms with E-state index < -0.39 is 11.9 Å². The predicted molar refractivity (Wildman–Crippen MR) is 68.1 cm³/mol. The number of hydrogen-bond donors (Lipinski definition) is 2. The van der Waals surface area contributed by atoms with Crippen LogP contribution in [0.2, 0.25) is 0 Å². The standard InChI is InChI=1S/C14H23NO3/c16-13(11-8-5-9-12(11)14(17)18)15-10-6-3-1-2-4-7-10/h10-12H,1-9H2,(H,15,16)(H,17,18)/t11-,12+/m1/s1. The van der Waals surface area contributed by atoms with Crippen LogP contribution in [0.4, 0.5) is 0 Å². The van der Waals surface area contributed by atoms with Crippen LogP contribution in [0.15, 0.2) is 0 Å². The first-order valence-corrected chi connectivity index (χ1v) is 7.21. The van der Waals surface area contributed by atoms with Crippen molar-refractivity contribution in [2.75, 3.05) is 0 Å². The largest absolute Gasteiger partial charge is 0.481 e. The quantitative estimate of drug-likeness (QED) is 0.759. The summed E-state index contributed by atoms with van der Waals surface area (Å²) in [5.74, 6) is -1.60. The van der Waals surface area contributed by atoms with Crippen molar-refractivity contribution in [3.8, 4) is 0 Å². The zero-order valence-corrected chi connectivity index (χ0v) is 10.9. The fraction of sp³-hybridized carbons (Fsp3) is 0.857. The van der Waals surface area contributed by atoms with Crippen molar-refractivity contribution in [2.24, 2.45) is 11.8 Å². The van der Waals surface area contributed by atoms with Gasteiger partial charge in [0.2, 0.25) is 5.91 Å². The molecule has 2 N–H and O–H groups in total. The van der Waals surface area contributed by atoms with Gasteiger partial charge < -0.3 is 10.4 Å². The van der Waals surface area contributed by atoms with Gasteiger partial charge in [-0.2, -0.15) is 0 Å². The van der Waals surface area contributed by atoms with Crippen molar-refractivity contribution in [1.82, 2.24) is 5.32 Å². The van der Waals surface area contributed by atoms with Gasteiger partial charge in [-0.05, 0) is 25.7 Å². The van der Waals surface area contributed by atoms with E-state index in [4.69, 9.17) is 5.11 Å². The molecule has 2 fully saturated rings. The number of rotatable bonds is 3. The maximum atomic E-state index is 12.2. The molecule has 0 bridgehead atoms. The molecular weight excluding hydrogens is 230 g/mol. The summed E-state index contributed by atoms with van der Waals surface area (Å²) in [7, 11) is 0. The first-order valence-electron chi connectivity index (χ1n) is 7.21. The monoisotopic (exact) mass is 253 g/mol. The topological polar surface area (TPSA) is 66.4 Å². The molecule has 0 aromatic heterocycles. The molecule has 18 heavy (non-hydrogen) atoms. The molecule has 2 aliphatic rings. The third-order valence-corrected chi connectivity index (χ3v) is 4.37. The number of carboxylic acids is 1. The molecule has 0 aromatic rings. The van der Waals surface area contributed by atoms with Crippen molar-refractivity contribution in [3.63, 3.8) is 0 Å². The Balaban J connectivity index is 1.88. The van der Waals surface area contributed by atoms with Gasteiger partial charge in [0.25, 0.3) is 0 Å². The van der Waals surface area contributed by atoms with Crippen LogP contribution in [-0.2, 0) is 9.59 Å². The van der Waals surface area contributed by atoms with Gasteiger partial charge in [-0.1, -0.05) is 32.1 Å². The molecule has 4 heteroatoms. The molecular formula is C14H23NO3. The lowest BCUT2D eigenvalue weighted by atomic mass is 9.94. The molecule has 0 unspecified atom stereocenters. The second-order valence-electron chi connectivity index (χ2n) is 5.68. The molecule has 2 saturated carbocycles. The summed E-state index contributed by atoms with van der Waals surface area (Å²) < 4.78 is 0. The molecule has 102 valence electrons. The normalized spacial score (nSPS) is 29.8. The number of aliphatic carboxylic acids is 1. The fourth-order valence-electron chi connectivity index (χ4n) is 3.30. The van der Waals surface area contributed by atoms with E-state index in [1.807, 2.05) is 0 Å². The maximum Gasteiger partial charge on any atom is 0.307 e. The summed E-state index contributed by atoms with van der Waals surface area (Å²) in [6, 6.07) is 0.273. The minimum absolute atomic E-state index is 0.0215. The Morgan fingerprint density at radius 2 is 1.44 bits per heavy atom. The van der Waals surface area contributed by atoms with Crippen molar-refractivity contribution >= 4 is 11.9 Å². The Bertz CT molecular complexity index is 308. The van der Waals surface area contributed by atoms with Gasteiger partial charge in [0.05, 0.1) is 11.8 Å². The molecule has 0 heterocycles. The van der Waals surface area contributed by atoms with E-state index in [2.05, 4.69) is 5.32 Å². The molecule has 2 aliphatic carbocycles. The summed E-state index contributed by atoms with van der Waals surface area (Å²) in [5, 5.41) is 12.2. The fourth-order valence-corrected chi connectivity index (χ4v) is 3.30. The van der Waals surface area contributed by atoms with Crippen LogP contribution >= 0.6 is 0 Å². The van der Waals surface area contributed by atoms with E-state index in [1.54, 1.807) is 0 Å². The highest BCUT2D eigenvalue weighted by atomic mass is 16.4. The smallest absolute Gasteiger partial charge is 0.307 e. The summed E-state index contributed by atoms with van der Waals surface area (Å²) >= 11 is 0. The second-order valence-corrected chi connectivity index (χ2v) is 5.68. The minimum Gasteiger partial charge on any atom is -0.481 e. The first kappa shape index (κ1) is 13.4. The number of carbonyl (C=O) groups excluding carboxylic acids is 1. The molecule has 0 saturated heterocycles. The average Bonchev–Trinajstić information content (AvgIpc) is 2.70. The minimum atomic E-state index is -0.812. The van der Waals surface area contributed by atoms with Crippen LogP contribution < -0.4 is 5.32 Å². The average molecular weight is 253 g/mol. The second kappa shape index (κ2) is 6.21. The molecule has 1 amide bonds. The maximum absolute atomic E-state index is 12.2. The van der Waals surface area contributed by atoms with Gasteiger partial charge in [0, 0.05) is 6.04 Å². The van der Waals surface area contributed by atoms with Gasteiger partial charge in [-0.3, -0.25) is 9.59 Å². The summed E-state index contributed by atoms with van der Waals surface area (Å²) in [6.07, 6.45) is 9.22. The zero-order valence-electron chi connectivity index (χ0n) is 10.9. The Hall–Kier alpha value is -1.06. The van der Waals surface area contributed by atoms with Crippen molar-refractivity contribution < 1.29 is 14.7 Å². The van der Waals surface area contributed by atoms with Crippen molar-refractivity contribution in [2.45, 2.75) is 63.8 Å². The van der Waals surface area contributed by atoms with Crippen molar-refractivity contribution in [1.29, 1.82) is 0 Å².